The van der Waals surface area contributed by atoms with Gasteiger partial charge in [-0.15, -0.1) is 0 Å². The number of rotatable bonds is 20. The van der Waals surface area contributed by atoms with Crippen LogP contribution in [0.4, 0.5) is 10.5 Å². The molecule has 0 saturated carbocycles. The van der Waals surface area contributed by atoms with Gasteiger partial charge in [0.1, 0.15) is 24.1 Å². The van der Waals surface area contributed by atoms with Crippen LogP contribution in [-0.4, -0.2) is 72.9 Å². The Hall–Kier alpha value is -4.77. The average molecular weight is 679 g/mol. The van der Waals surface area contributed by atoms with Crippen molar-refractivity contribution in [3.63, 3.8) is 0 Å². The Balaban J connectivity index is 0.000000348. The second kappa shape index (κ2) is 22.7. The number of unbranched alkanes of at least 4 members (excludes halogenated alkanes) is 1. The van der Waals surface area contributed by atoms with Crippen molar-refractivity contribution in [3.8, 4) is 11.5 Å². The quantitative estimate of drug-likeness (QED) is 0.0981. The molecule has 11 heteroatoms. The van der Waals surface area contributed by atoms with Crippen LogP contribution in [-0.2, 0) is 22.6 Å². The molecule has 11 nitrogen and oxygen atoms in total. The van der Waals surface area contributed by atoms with Crippen molar-refractivity contribution in [1.29, 1.82) is 0 Å². The summed E-state index contributed by atoms with van der Waals surface area (Å²) in [6.45, 7) is 14.8. The number of anilines is 1. The lowest BCUT2D eigenvalue weighted by atomic mass is 10.1. The van der Waals surface area contributed by atoms with Crippen molar-refractivity contribution >= 4 is 23.7 Å². The van der Waals surface area contributed by atoms with E-state index in [2.05, 4.69) is 29.4 Å². The van der Waals surface area contributed by atoms with Gasteiger partial charge in [-0.3, -0.25) is 4.79 Å². The molecule has 1 unspecified atom stereocenters. The third kappa shape index (κ3) is 16.3. The van der Waals surface area contributed by atoms with E-state index in [9.17, 15) is 19.5 Å². The van der Waals surface area contributed by atoms with Gasteiger partial charge in [-0.25, -0.2) is 9.59 Å². The predicted molar refractivity (Wildman–Crippen MR) is 193 cm³/mol. The second-order valence-corrected chi connectivity index (χ2v) is 11.7. The van der Waals surface area contributed by atoms with Crippen molar-refractivity contribution in [2.75, 3.05) is 38.2 Å². The molecule has 0 fully saturated rings. The van der Waals surface area contributed by atoms with Gasteiger partial charge in [0, 0.05) is 24.7 Å². The number of benzene rings is 3. The van der Waals surface area contributed by atoms with Gasteiger partial charge in [-0.2, -0.15) is 0 Å². The zero-order chi connectivity index (χ0) is 36.0. The fourth-order valence-corrected chi connectivity index (χ4v) is 4.66. The zero-order valence-electron chi connectivity index (χ0n) is 29.6. The summed E-state index contributed by atoms with van der Waals surface area (Å²) in [7, 11) is 0. The van der Waals surface area contributed by atoms with E-state index in [-0.39, 0.29) is 19.1 Å². The molecule has 0 aromatic heterocycles. The van der Waals surface area contributed by atoms with Crippen LogP contribution in [0.2, 0.25) is 0 Å². The Bertz CT molecular complexity index is 1400. The number of hydrogen-bond donors (Lipinski definition) is 4. The van der Waals surface area contributed by atoms with Crippen molar-refractivity contribution in [1.82, 2.24) is 10.2 Å². The molecule has 3 aromatic rings. The van der Waals surface area contributed by atoms with Gasteiger partial charge in [0.25, 0.3) is 5.91 Å². The molecule has 0 radical (unpaired) electrons. The summed E-state index contributed by atoms with van der Waals surface area (Å²) in [6, 6.07) is 21.6. The molecule has 49 heavy (non-hydrogen) atoms. The first kappa shape index (κ1) is 40.4. The minimum absolute atomic E-state index is 0.164. The highest BCUT2D eigenvalue weighted by Crippen LogP contribution is 2.23. The molecule has 268 valence electrons. The highest BCUT2D eigenvalue weighted by Gasteiger charge is 2.21. The molecule has 0 aliphatic carbocycles. The molecule has 0 spiro atoms. The lowest BCUT2D eigenvalue weighted by Gasteiger charge is -2.18. The van der Waals surface area contributed by atoms with Crippen molar-refractivity contribution in [3.05, 3.63) is 89.5 Å². The van der Waals surface area contributed by atoms with Crippen LogP contribution in [0.15, 0.2) is 72.8 Å². The zero-order valence-corrected chi connectivity index (χ0v) is 29.6. The maximum Gasteiger partial charge on any atom is 0.407 e. The van der Waals surface area contributed by atoms with E-state index in [1.54, 1.807) is 30.3 Å². The SMILES string of the molecule is CCCCOC(=O)NC(Cc1ccc(OCc2ccccc2)cc1)C(=O)O.CCN(CC)CCCOc1ccc(NC(C)C)c(C(N)=O)c1. The van der Waals surface area contributed by atoms with Crippen LogP contribution >= 0.6 is 0 Å². The fraction of sp³-hybridized carbons (Fsp3) is 0.447. The van der Waals surface area contributed by atoms with Gasteiger partial charge in [0.05, 0.1) is 18.8 Å². The minimum Gasteiger partial charge on any atom is -0.494 e. The highest BCUT2D eigenvalue weighted by atomic mass is 16.5. The van der Waals surface area contributed by atoms with Crippen LogP contribution in [0.3, 0.4) is 0 Å². The van der Waals surface area contributed by atoms with Gasteiger partial charge < -0.3 is 40.6 Å². The number of alkyl carbamates (subject to hydrolysis) is 1. The molecular weight excluding hydrogens is 624 g/mol. The molecule has 1 atom stereocenters. The number of nitrogens with one attached hydrogen (secondary N) is 2. The summed E-state index contributed by atoms with van der Waals surface area (Å²) >= 11 is 0. The van der Waals surface area contributed by atoms with Gasteiger partial charge in [-0.05, 0) is 81.2 Å². The Morgan fingerprint density at radius 1 is 0.837 bits per heavy atom. The topological polar surface area (TPSA) is 152 Å². The number of amides is 2. The molecule has 3 aromatic carbocycles. The third-order valence-electron chi connectivity index (χ3n) is 7.42. The summed E-state index contributed by atoms with van der Waals surface area (Å²) in [5.74, 6) is -0.173. The number of carbonyl (C=O) groups excluding carboxylic acids is 2. The number of nitrogens with two attached hydrogens (primary N) is 1. The Morgan fingerprint density at radius 3 is 2.10 bits per heavy atom. The summed E-state index contributed by atoms with van der Waals surface area (Å²) in [6.07, 6.45) is 2.06. The Kier molecular flexibility index (Phi) is 18.7. The monoisotopic (exact) mass is 678 g/mol. The predicted octanol–water partition coefficient (Wildman–Crippen LogP) is 6.50. The molecule has 0 saturated heterocycles. The molecule has 2 amide bonds. The first-order chi connectivity index (χ1) is 23.6. The van der Waals surface area contributed by atoms with Crippen LogP contribution in [0.5, 0.6) is 11.5 Å². The lowest BCUT2D eigenvalue weighted by molar-refractivity contribution is -0.139. The van der Waals surface area contributed by atoms with E-state index in [1.165, 1.54) is 0 Å². The van der Waals surface area contributed by atoms with Gasteiger partial charge in [0.15, 0.2) is 0 Å². The molecule has 5 N–H and O–H groups in total. The summed E-state index contributed by atoms with van der Waals surface area (Å²) in [5.41, 5.74) is 8.51. The Labute approximate surface area is 291 Å². The molecule has 3 rings (SSSR count). The summed E-state index contributed by atoms with van der Waals surface area (Å²) in [4.78, 5) is 37.0. The number of carboxylic acids is 1. The van der Waals surface area contributed by atoms with Crippen LogP contribution in [0.1, 0.15) is 75.4 Å². The standard InChI is InChI=1S/C21H25NO5.C17H29N3O2/c1-2-3-13-26-21(25)22-19(20(23)24)14-16-9-11-18(12-10-16)27-15-17-7-5-4-6-8-17;1-5-20(6-2)10-7-11-22-14-8-9-16(19-13(3)4)15(12-14)17(18)21/h4-12,19H,2-3,13-15H2,1H3,(H,22,25)(H,23,24);8-9,12-13,19H,5-7,10-11H2,1-4H3,(H2,18,21). The molecule has 0 bridgehead atoms. The lowest BCUT2D eigenvalue weighted by Crippen LogP contribution is -2.42. The summed E-state index contributed by atoms with van der Waals surface area (Å²) in [5, 5.41) is 14.9. The van der Waals surface area contributed by atoms with Crippen molar-refractivity contribution in [2.45, 2.75) is 79.0 Å². The fourth-order valence-electron chi connectivity index (χ4n) is 4.66. The maximum absolute atomic E-state index is 11.7. The van der Waals surface area contributed by atoms with Crippen molar-refractivity contribution in [2.24, 2.45) is 5.73 Å². The average Bonchev–Trinajstić information content (AvgIpc) is 3.08. The van der Waals surface area contributed by atoms with E-state index in [1.807, 2.05) is 63.2 Å². The van der Waals surface area contributed by atoms with E-state index >= 15 is 0 Å². The molecule has 0 heterocycles. The van der Waals surface area contributed by atoms with Gasteiger partial charge in [0.2, 0.25) is 0 Å². The third-order valence-corrected chi connectivity index (χ3v) is 7.42. The molecule has 0 aliphatic rings. The molecule has 0 aliphatic heterocycles. The largest absolute Gasteiger partial charge is 0.494 e. The van der Waals surface area contributed by atoms with E-state index < -0.39 is 24.0 Å². The van der Waals surface area contributed by atoms with Crippen molar-refractivity contribution < 1.29 is 33.7 Å². The minimum atomic E-state index is -1.10. The smallest absolute Gasteiger partial charge is 0.407 e. The second-order valence-electron chi connectivity index (χ2n) is 11.7. The first-order valence-electron chi connectivity index (χ1n) is 17.0. The number of ether oxygens (including phenoxy) is 3. The van der Waals surface area contributed by atoms with Crippen LogP contribution in [0, 0.1) is 0 Å². The maximum atomic E-state index is 11.7. The number of nitrogens with zero attached hydrogens (tertiary/aromatic N) is 1. The van der Waals surface area contributed by atoms with E-state index in [4.69, 9.17) is 19.9 Å². The molecular formula is C38H54N4O7. The van der Waals surface area contributed by atoms with E-state index in [0.717, 1.165) is 55.7 Å². The number of aliphatic carboxylic acids is 1. The number of carbonyl (C=O) groups is 3. The normalized spacial score (nSPS) is 11.2. The Morgan fingerprint density at radius 2 is 1.51 bits per heavy atom. The highest BCUT2D eigenvalue weighted by molar-refractivity contribution is 5.99. The van der Waals surface area contributed by atoms with E-state index in [0.29, 0.717) is 30.3 Å². The number of hydrogen-bond acceptors (Lipinski definition) is 8. The van der Waals surface area contributed by atoms with Gasteiger partial charge in [-0.1, -0.05) is 69.7 Å². The number of carboxylic acid groups (broad SMARTS) is 1. The first-order valence-corrected chi connectivity index (χ1v) is 17.0. The summed E-state index contributed by atoms with van der Waals surface area (Å²) < 4.78 is 16.4. The van der Waals surface area contributed by atoms with Crippen LogP contribution in [0.25, 0.3) is 0 Å². The van der Waals surface area contributed by atoms with Gasteiger partial charge >= 0.3 is 12.1 Å². The van der Waals surface area contributed by atoms with Crippen LogP contribution < -0.4 is 25.8 Å². The number of primary amides is 1.